The van der Waals surface area contributed by atoms with Crippen molar-refractivity contribution in [1.29, 1.82) is 0 Å². The standard InChI is InChI=1S/C19H35N5O7S/c1-10(2)8-13(17(28)22-12(19(30)31)4-5-15(21)26)23-18(29)14(9-25)24-16(27)11(20)6-7-32-3/h10-14,25H,4-9,20H2,1-3H3,(H2,21,26)(H,22,28)(H,23,29)(H,24,27)(H,30,31). The number of carboxylic acids is 1. The number of nitrogens with two attached hydrogens (primary N) is 2. The first-order valence-corrected chi connectivity index (χ1v) is 11.6. The van der Waals surface area contributed by atoms with Crippen molar-refractivity contribution >= 4 is 41.4 Å². The van der Waals surface area contributed by atoms with E-state index in [1.165, 1.54) is 11.8 Å². The Morgan fingerprint density at radius 3 is 1.91 bits per heavy atom. The second kappa shape index (κ2) is 15.4. The molecule has 9 N–H and O–H groups in total. The van der Waals surface area contributed by atoms with Crippen molar-refractivity contribution in [2.45, 2.75) is 63.7 Å². The Kier molecular flexibility index (Phi) is 14.3. The zero-order valence-electron chi connectivity index (χ0n) is 18.6. The molecule has 12 nitrogen and oxygen atoms in total. The van der Waals surface area contributed by atoms with Gasteiger partial charge in [-0.2, -0.15) is 11.8 Å². The predicted octanol–water partition coefficient (Wildman–Crippen LogP) is -2.09. The van der Waals surface area contributed by atoms with Crippen LogP contribution >= 0.6 is 11.8 Å². The Hall–Kier alpha value is -2.38. The van der Waals surface area contributed by atoms with E-state index < -0.39 is 60.4 Å². The number of aliphatic carboxylic acids is 1. The summed E-state index contributed by atoms with van der Waals surface area (Å²) < 4.78 is 0. The van der Waals surface area contributed by atoms with Crippen LogP contribution in [0.4, 0.5) is 0 Å². The molecule has 0 aliphatic rings. The van der Waals surface area contributed by atoms with Gasteiger partial charge in [0.1, 0.15) is 18.1 Å². The first kappa shape index (κ1) is 29.6. The van der Waals surface area contributed by atoms with Crippen LogP contribution in [0.2, 0.25) is 0 Å². The van der Waals surface area contributed by atoms with Gasteiger partial charge in [0.25, 0.3) is 0 Å². The van der Waals surface area contributed by atoms with Crippen LogP contribution in [-0.4, -0.2) is 82.6 Å². The summed E-state index contributed by atoms with van der Waals surface area (Å²) in [5.41, 5.74) is 10.8. The highest BCUT2D eigenvalue weighted by Gasteiger charge is 2.30. The molecule has 184 valence electrons. The minimum atomic E-state index is -1.37. The number of hydrogen-bond donors (Lipinski definition) is 7. The van der Waals surface area contributed by atoms with Crippen LogP contribution in [0.5, 0.6) is 0 Å². The van der Waals surface area contributed by atoms with Crippen LogP contribution in [-0.2, 0) is 24.0 Å². The van der Waals surface area contributed by atoms with Crippen LogP contribution in [0.25, 0.3) is 0 Å². The van der Waals surface area contributed by atoms with E-state index in [-0.39, 0.29) is 25.2 Å². The van der Waals surface area contributed by atoms with Gasteiger partial charge < -0.3 is 37.6 Å². The van der Waals surface area contributed by atoms with E-state index in [0.29, 0.717) is 12.2 Å². The molecule has 13 heteroatoms. The third-order valence-corrected chi connectivity index (χ3v) is 5.06. The van der Waals surface area contributed by atoms with Crippen LogP contribution in [0.1, 0.15) is 39.5 Å². The third-order valence-electron chi connectivity index (χ3n) is 4.42. The first-order chi connectivity index (χ1) is 14.9. The highest BCUT2D eigenvalue weighted by molar-refractivity contribution is 7.98. The molecule has 0 aromatic rings. The maximum Gasteiger partial charge on any atom is 0.326 e. The third kappa shape index (κ3) is 11.9. The van der Waals surface area contributed by atoms with E-state index in [0.717, 1.165) is 0 Å². The number of hydrogen-bond acceptors (Lipinski definition) is 8. The molecule has 32 heavy (non-hydrogen) atoms. The highest BCUT2D eigenvalue weighted by atomic mass is 32.2. The van der Waals surface area contributed by atoms with E-state index in [9.17, 15) is 34.2 Å². The summed E-state index contributed by atoms with van der Waals surface area (Å²) in [7, 11) is 0. The van der Waals surface area contributed by atoms with Crippen LogP contribution < -0.4 is 27.4 Å². The van der Waals surface area contributed by atoms with Gasteiger partial charge in [-0.15, -0.1) is 0 Å². The number of nitrogens with one attached hydrogen (secondary N) is 3. The average molecular weight is 478 g/mol. The molecular formula is C19H35N5O7S. The summed E-state index contributed by atoms with van der Waals surface area (Å²) >= 11 is 1.51. The Morgan fingerprint density at radius 2 is 1.44 bits per heavy atom. The number of aliphatic hydroxyl groups is 1. The lowest BCUT2D eigenvalue weighted by atomic mass is 10.0. The summed E-state index contributed by atoms with van der Waals surface area (Å²) in [6.45, 7) is 2.87. The maximum atomic E-state index is 12.7. The Morgan fingerprint density at radius 1 is 0.906 bits per heavy atom. The fourth-order valence-electron chi connectivity index (χ4n) is 2.64. The Balaban J connectivity index is 5.22. The molecule has 0 aromatic carbocycles. The Labute approximate surface area is 191 Å². The molecular weight excluding hydrogens is 442 g/mol. The largest absolute Gasteiger partial charge is 0.480 e. The normalized spacial score (nSPS) is 14.7. The van der Waals surface area contributed by atoms with Crippen molar-refractivity contribution in [3.05, 3.63) is 0 Å². The lowest BCUT2D eigenvalue weighted by molar-refractivity contribution is -0.142. The van der Waals surface area contributed by atoms with E-state index >= 15 is 0 Å². The number of thioether (sulfide) groups is 1. The molecule has 4 atom stereocenters. The molecule has 0 saturated carbocycles. The van der Waals surface area contributed by atoms with Gasteiger partial charge in [0.15, 0.2) is 0 Å². The van der Waals surface area contributed by atoms with Crippen molar-refractivity contribution in [2.24, 2.45) is 17.4 Å². The van der Waals surface area contributed by atoms with Crippen molar-refractivity contribution < 1.29 is 34.2 Å². The van der Waals surface area contributed by atoms with Crippen LogP contribution in [0.15, 0.2) is 0 Å². The second-order valence-corrected chi connectivity index (χ2v) is 8.71. The molecule has 0 heterocycles. The number of carbonyl (C=O) groups excluding carboxylic acids is 4. The highest BCUT2D eigenvalue weighted by Crippen LogP contribution is 2.07. The van der Waals surface area contributed by atoms with Gasteiger partial charge in [0.2, 0.25) is 23.6 Å². The van der Waals surface area contributed by atoms with Gasteiger partial charge in [-0.3, -0.25) is 19.2 Å². The van der Waals surface area contributed by atoms with E-state index in [1.54, 1.807) is 13.8 Å². The number of amides is 4. The molecule has 4 amide bonds. The van der Waals surface area contributed by atoms with Crippen molar-refractivity contribution in [1.82, 2.24) is 16.0 Å². The monoisotopic (exact) mass is 477 g/mol. The van der Waals surface area contributed by atoms with Gasteiger partial charge in [-0.1, -0.05) is 13.8 Å². The van der Waals surface area contributed by atoms with E-state index in [1.807, 2.05) is 6.26 Å². The van der Waals surface area contributed by atoms with Gasteiger partial charge in [-0.05, 0) is 37.2 Å². The van der Waals surface area contributed by atoms with E-state index in [4.69, 9.17) is 11.5 Å². The minimum absolute atomic E-state index is 0.0536. The molecule has 0 aliphatic carbocycles. The lowest BCUT2D eigenvalue weighted by Gasteiger charge is -2.25. The number of rotatable bonds is 16. The Bertz CT molecular complexity index is 662. The molecule has 0 radical (unpaired) electrons. The zero-order chi connectivity index (χ0) is 24.8. The quantitative estimate of drug-likeness (QED) is 0.129. The van der Waals surface area contributed by atoms with Crippen molar-refractivity contribution in [3.63, 3.8) is 0 Å². The molecule has 0 aliphatic heterocycles. The molecule has 0 fully saturated rings. The van der Waals surface area contributed by atoms with Gasteiger partial charge >= 0.3 is 5.97 Å². The van der Waals surface area contributed by atoms with Crippen LogP contribution in [0.3, 0.4) is 0 Å². The minimum Gasteiger partial charge on any atom is -0.480 e. The summed E-state index contributed by atoms with van der Waals surface area (Å²) in [5.74, 6) is -3.69. The van der Waals surface area contributed by atoms with Crippen LogP contribution in [0, 0.1) is 5.92 Å². The summed E-state index contributed by atoms with van der Waals surface area (Å²) in [5, 5.41) is 25.9. The number of aliphatic hydroxyl groups excluding tert-OH is 1. The lowest BCUT2D eigenvalue weighted by Crippen LogP contribution is -2.58. The molecule has 0 spiro atoms. The zero-order valence-corrected chi connectivity index (χ0v) is 19.4. The van der Waals surface area contributed by atoms with Crippen molar-refractivity contribution in [3.8, 4) is 0 Å². The van der Waals surface area contributed by atoms with Gasteiger partial charge in [-0.25, -0.2) is 4.79 Å². The maximum absolute atomic E-state index is 12.7. The molecule has 4 unspecified atom stereocenters. The smallest absolute Gasteiger partial charge is 0.326 e. The number of primary amides is 1. The summed E-state index contributed by atoms with van der Waals surface area (Å²) in [4.78, 5) is 59.7. The first-order valence-electron chi connectivity index (χ1n) is 10.2. The molecule has 0 aromatic heterocycles. The topological polar surface area (TPSA) is 214 Å². The second-order valence-electron chi connectivity index (χ2n) is 7.73. The van der Waals surface area contributed by atoms with E-state index in [2.05, 4.69) is 16.0 Å². The van der Waals surface area contributed by atoms with Crippen molar-refractivity contribution in [2.75, 3.05) is 18.6 Å². The fraction of sp³-hybridized carbons (Fsp3) is 0.737. The summed E-state index contributed by atoms with van der Waals surface area (Å²) in [6, 6.07) is -4.70. The molecule has 0 saturated heterocycles. The molecule has 0 rings (SSSR count). The average Bonchev–Trinajstić information content (AvgIpc) is 2.71. The number of carbonyl (C=O) groups is 5. The van der Waals surface area contributed by atoms with Gasteiger partial charge in [0.05, 0.1) is 12.6 Å². The number of carboxylic acid groups (broad SMARTS) is 1. The molecule has 0 bridgehead atoms. The predicted molar refractivity (Wildman–Crippen MR) is 119 cm³/mol. The van der Waals surface area contributed by atoms with Gasteiger partial charge in [0, 0.05) is 6.42 Å². The summed E-state index contributed by atoms with van der Waals surface area (Å²) in [6.07, 6.45) is 1.96. The SMILES string of the molecule is CSCCC(N)C(=O)NC(CO)C(=O)NC(CC(C)C)C(=O)NC(CCC(N)=O)C(=O)O. The fourth-order valence-corrected chi connectivity index (χ4v) is 3.13.